The highest BCUT2D eigenvalue weighted by atomic mass is 16.5. The Hall–Kier alpha value is -2.70. The maximum Gasteiger partial charge on any atom is 0.335 e. The molecule has 0 saturated carbocycles. The van der Waals surface area contributed by atoms with Crippen LogP contribution in [0.15, 0.2) is 30.7 Å². The van der Waals surface area contributed by atoms with Crippen LogP contribution in [0.3, 0.4) is 0 Å². The van der Waals surface area contributed by atoms with Crippen LogP contribution in [0.25, 0.3) is 0 Å². The summed E-state index contributed by atoms with van der Waals surface area (Å²) in [6, 6.07) is 2.96. The van der Waals surface area contributed by atoms with Crippen molar-refractivity contribution in [2.24, 2.45) is 0 Å². The van der Waals surface area contributed by atoms with E-state index in [1.54, 1.807) is 12.4 Å². The van der Waals surface area contributed by atoms with Gasteiger partial charge < -0.3 is 15.2 Å². The molecule has 7 heteroatoms. The molecular formula is C14H16N4O3. The predicted octanol–water partition coefficient (Wildman–Crippen LogP) is 1.97. The van der Waals surface area contributed by atoms with Crippen LogP contribution in [-0.2, 0) is 6.54 Å². The van der Waals surface area contributed by atoms with E-state index in [0.717, 1.165) is 6.42 Å². The molecule has 7 nitrogen and oxygen atoms in total. The van der Waals surface area contributed by atoms with Gasteiger partial charge in [-0.1, -0.05) is 6.92 Å². The van der Waals surface area contributed by atoms with Crippen LogP contribution in [0.4, 0.5) is 5.82 Å². The van der Waals surface area contributed by atoms with Crippen molar-refractivity contribution in [3.8, 4) is 5.88 Å². The largest absolute Gasteiger partial charge is 0.478 e. The number of carboxylic acids is 1. The highest BCUT2D eigenvalue weighted by Crippen LogP contribution is 2.10. The molecule has 2 aromatic heterocycles. The summed E-state index contributed by atoms with van der Waals surface area (Å²) < 4.78 is 5.39. The number of pyridine rings is 1. The van der Waals surface area contributed by atoms with Gasteiger partial charge in [0.2, 0.25) is 5.88 Å². The van der Waals surface area contributed by atoms with Crippen LogP contribution < -0.4 is 10.1 Å². The first-order chi connectivity index (χ1) is 10.2. The van der Waals surface area contributed by atoms with E-state index in [1.165, 1.54) is 18.3 Å². The van der Waals surface area contributed by atoms with E-state index in [1.807, 2.05) is 6.92 Å². The maximum absolute atomic E-state index is 10.9. The van der Waals surface area contributed by atoms with Crippen LogP contribution in [0.2, 0.25) is 0 Å². The van der Waals surface area contributed by atoms with Gasteiger partial charge in [-0.3, -0.25) is 9.97 Å². The van der Waals surface area contributed by atoms with Crippen molar-refractivity contribution in [2.45, 2.75) is 19.9 Å². The number of nitrogens with zero attached hydrogens (tertiary/aromatic N) is 3. The summed E-state index contributed by atoms with van der Waals surface area (Å²) >= 11 is 0. The van der Waals surface area contributed by atoms with Crippen LogP contribution in [0.5, 0.6) is 5.88 Å². The van der Waals surface area contributed by atoms with Gasteiger partial charge in [-0.25, -0.2) is 4.79 Å². The number of carboxylic acid groups (broad SMARTS) is 1. The SMILES string of the molecule is CCCOc1cncc(NCc2cc(C(=O)O)ccn2)n1. The molecule has 0 fully saturated rings. The monoisotopic (exact) mass is 288 g/mol. The van der Waals surface area contributed by atoms with Gasteiger partial charge in [-0.15, -0.1) is 0 Å². The highest BCUT2D eigenvalue weighted by Gasteiger charge is 2.05. The molecule has 0 amide bonds. The Balaban J connectivity index is 1.99. The van der Waals surface area contributed by atoms with E-state index >= 15 is 0 Å². The summed E-state index contributed by atoms with van der Waals surface area (Å²) in [5.41, 5.74) is 0.810. The van der Waals surface area contributed by atoms with E-state index < -0.39 is 5.97 Å². The average Bonchev–Trinajstić information content (AvgIpc) is 2.51. The number of carbonyl (C=O) groups is 1. The lowest BCUT2D eigenvalue weighted by molar-refractivity contribution is 0.0696. The molecule has 2 heterocycles. The Morgan fingerprint density at radius 3 is 3.05 bits per heavy atom. The van der Waals surface area contributed by atoms with Gasteiger partial charge in [-0.05, 0) is 18.6 Å². The van der Waals surface area contributed by atoms with E-state index in [4.69, 9.17) is 9.84 Å². The predicted molar refractivity (Wildman–Crippen MR) is 76.3 cm³/mol. The summed E-state index contributed by atoms with van der Waals surface area (Å²) in [6.45, 7) is 2.95. The first-order valence-corrected chi connectivity index (χ1v) is 6.56. The van der Waals surface area contributed by atoms with E-state index in [0.29, 0.717) is 30.5 Å². The number of hydrogen-bond donors (Lipinski definition) is 2. The van der Waals surface area contributed by atoms with Gasteiger partial charge >= 0.3 is 5.97 Å². The maximum atomic E-state index is 10.9. The minimum absolute atomic E-state index is 0.202. The second kappa shape index (κ2) is 7.18. The van der Waals surface area contributed by atoms with Crippen molar-refractivity contribution in [2.75, 3.05) is 11.9 Å². The van der Waals surface area contributed by atoms with Gasteiger partial charge in [0.15, 0.2) is 0 Å². The van der Waals surface area contributed by atoms with Crippen molar-refractivity contribution >= 4 is 11.8 Å². The fourth-order valence-corrected chi connectivity index (χ4v) is 1.60. The summed E-state index contributed by atoms with van der Waals surface area (Å²) in [7, 11) is 0. The fourth-order valence-electron chi connectivity index (χ4n) is 1.60. The van der Waals surface area contributed by atoms with Crippen LogP contribution in [0.1, 0.15) is 29.4 Å². The van der Waals surface area contributed by atoms with Crippen molar-refractivity contribution in [3.63, 3.8) is 0 Å². The normalized spacial score (nSPS) is 10.1. The molecular weight excluding hydrogens is 272 g/mol. The molecule has 0 unspecified atom stereocenters. The van der Waals surface area contributed by atoms with Crippen molar-refractivity contribution in [1.82, 2.24) is 15.0 Å². The quantitative estimate of drug-likeness (QED) is 0.803. The van der Waals surface area contributed by atoms with Crippen molar-refractivity contribution in [3.05, 3.63) is 42.0 Å². The molecule has 0 aliphatic heterocycles. The fraction of sp³-hybridized carbons (Fsp3) is 0.286. The minimum Gasteiger partial charge on any atom is -0.478 e. The first kappa shape index (κ1) is 14.7. The Morgan fingerprint density at radius 2 is 2.29 bits per heavy atom. The summed E-state index contributed by atoms with van der Waals surface area (Å²) in [4.78, 5) is 23.3. The van der Waals surface area contributed by atoms with Crippen molar-refractivity contribution in [1.29, 1.82) is 0 Å². The number of anilines is 1. The number of rotatable bonds is 7. The molecule has 0 radical (unpaired) electrons. The third kappa shape index (κ3) is 4.41. The molecule has 0 bridgehead atoms. The zero-order valence-electron chi connectivity index (χ0n) is 11.6. The van der Waals surface area contributed by atoms with Gasteiger partial charge in [0, 0.05) is 6.20 Å². The zero-order valence-corrected chi connectivity index (χ0v) is 11.6. The lowest BCUT2D eigenvalue weighted by Gasteiger charge is -2.07. The molecule has 0 atom stereocenters. The molecule has 21 heavy (non-hydrogen) atoms. The molecule has 2 N–H and O–H groups in total. The summed E-state index contributed by atoms with van der Waals surface area (Å²) in [5.74, 6) is 0.0219. The molecule has 2 aromatic rings. The van der Waals surface area contributed by atoms with E-state index in [9.17, 15) is 4.79 Å². The van der Waals surface area contributed by atoms with Crippen LogP contribution in [-0.4, -0.2) is 32.6 Å². The molecule has 0 saturated heterocycles. The van der Waals surface area contributed by atoms with Crippen LogP contribution in [0, 0.1) is 0 Å². The van der Waals surface area contributed by atoms with Gasteiger partial charge in [0.05, 0.1) is 36.8 Å². The topological polar surface area (TPSA) is 97.2 Å². The average molecular weight is 288 g/mol. The third-order valence-corrected chi connectivity index (χ3v) is 2.58. The third-order valence-electron chi connectivity index (χ3n) is 2.58. The molecule has 0 aromatic carbocycles. The molecule has 0 spiro atoms. The minimum atomic E-state index is -0.978. The number of hydrogen-bond acceptors (Lipinski definition) is 6. The van der Waals surface area contributed by atoms with E-state index in [-0.39, 0.29) is 5.56 Å². The Bertz CT molecular complexity index is 619. The molecule has 110 valence electrons. The Kier molecular flexibility index (Phi) is 5.03. The van der Waals surface area contributed by atoms with Crippen molar-refractivity contribution < 1.29 is 14.6 Å². The Morgan fingerprint density at radius 1 is 1.43 bits per heavy atom. The smallest absolute Gasteiger partial charge is 0.335 e. The molecule has 0 aliphatic carbocycles. The summed E-state index contributed by atoms with van der Waals surface area (Å²) in [6.07, 6.45) is 5.47. The molecule has 0 aliphatic rings. The lowest BCUT2D eigenvalue weighted by atomic mass is 10.2. The number of aromatic nitrogens is 3. The lowest BCUT2D eigenvalue weighted by Crippen LogP contribution is -2.06. The number of ether oxygens (including phenoxy) is 1. The molecule has 2 rings (SSSR count). The summed E-state index contributed by atoms with van der Waals surface area (Å²) in [5, 5.41) is 12.0. The second-order valence-corrected chi connectivity index (χ2v) is 4.29. The number of nitrogens with one attached hydrogen (secondary N) is 1. The highest BCUT2D eigenvalue weighted by molar-refractivity contribution is 5.87. The van der Waals surface area contributed by atoms with Gasteiger partial charge in [0.1, 0.15) is 5.82 Å². The zero-order chi connectivity index (χ0) is 15.1. The Labute approximate surface area is 122 Å². The number of aromatic carboxylic acids is 1. The van der Waals surface area contributed by atoms with Gasteiger partial charge in [-0.2, -0.15) is 4.98 Å². The standard InChI is InChI=1S/C14H16N4O3/c1-2-5-21-13-9-15-8-12(18-13)17-7-11-6-10(14(19)20)3-4-16-11/h3-4,6,8-9H,2,5,7H2,1H3,(H,17,18)(H,19,20). The van der Waals surface area contributed by atoms with E-state index in [2.05, 4.69) is 20.3 Å². The van der Waals surface area contributed by atoms with Crippen LogP contribution >= 0.6 is 0 Å². The first-order valence-electron chi connectivity index (χ1n) is 6.56. The van der Waals surface area contributed by atoms with Gasteiger partial charge in [0.25, 0.3) is 0 Å². The second-order valence-electron chi connectivity index (χ2n) is 4.29.